The van der Waals surface area contributed by atoms with Gasteiger partial charge in [0.2, 0.25) is 0 Å². The lowest BCUT2D eigenvalue weighted by atomic mass is 9.92. The van der Waals surface area contributed by atoms with Gasteiger partial charge in [0, 0.05) is 54.8 Å². The molecule has 11 nitrogen and oxygen atoms in total. The highest BCUT2D eigenvalue weighted by Crippen LogP contribution is 2.38. The van der Waals surface area contributed by atoms with Crippen LogP contribution in [0.2, 0.25) is 0 Å². The number of likely N-dealkylation sites (tertiary alicyclic amines) is 1. The van der Waals surface area contributed by atoms with Crippen molar-refractivity contribution < 1.29 is 32.2 Å². The molecule has 0 aliphatic carbocycles. The van der Waals surface area contributed by atoms with Gasteiger partial charge in [-0.25, -0.2) is 14.4 Å². The summed E-state index contributed by atoms with van der Waals surface area (Å²) in [6.07, 6.45) is 2.21. The summed E-state index contributed by atoms with van der Waals surface area (Å²) in [4.78, 5) is 30.4. The maximum atomic E-state index is 13.4. The van der Waals surface area contributed by atoms with Gasteiger partial charge < -0.3 is 14.2 Å². The highest BCUT2D eigenvalue weighted by atomic mass is 32.2. The molecular weight excluding hydrogens is 657 g/mol. The molecule has 0 saturated carbocycles. The molecular formula is C38H46N4O7S. The average Bonchev–Trinajstić information content (AvgIpc) is 3.50. The summed E-state index contributed by atoms with van der Waals surface area (Å²) in [5.41, 5.74) is 6.20. The largest absolute Gasteiger partial charge is 0.496 e. The van der Waals surface area contributed by atoms with Gasteiger partial charge in [0.15, 0.2) is 0 Å². The molecule has 1 N–H and O–H groups in total. The molecule has 1 atom stereocenters. The number of esters is 1. The van der Waals surface area contributed by atoms with Crippen LogP contribution in [0.5, 0.6) is 5.75 Å². The van der Waals surface area contributed by atoms with E-state index in [1.54, 1.807) is 39.3 Å². The third kappa shape index (κ3) is 7.71. The van der Waals surface area contributed by atoms with Crippen LogP contribution in [-0.2, 0) is 26.0 Å². The number of fused-ring (bicyclic) bond motifs is 1. The summed E-state index contributed by atoms with van der Waals surface area (Å²) in [5.74, 6) is 0.254. The summed E-state index contributed by atoms with van der Waals surface area (Å²) in [6, 6.07) is 14.5. The van der Waals surface area contributed by atoms with Crippen LogP contribution in [0.3, 0.4) is 0 Å². The number of carbonyl (C=O) groups is 2. The normalized spacial score (nSPS) is 16.4. The van der Waals surface area contributed by atoms with E-state index in [9.17, 15) is 18.0 Å². The third-order valence-corrected chi connectivity index (χ3v) is 10.4. The number of benzene rings is 3. The van der Waals surface area contributed by atoms with E-state index in [2.05, 4.69) is 14.8 Å². The van der Waals surface area contributed by atoms with Gasteiger partial charge in [0.1, 0.15) is 11.4 Å². The van der Waals surface area contributed by atoms with E-state index in [-0.39, 0.29) is 10.9 Å². The lowest BCUT2D eigenvalue weighted by Gasteiger charge is -2.37. The molecule has 4 aromatic rings. The second-order valence-corrected chi connectivity index (χ2v) is 15.5. The maximum absolute atomic E-state index is 13.4. The van der Waals surface area contributed by atoms with E-state index in [1.165, 1.54) is 11.7 Å². The van der Waals surface area contributed by atoms with Gasteiger partial charge in [-0.3, -0.25) is 9.47 Å². The van der Waals surface area contributed by atoms with Crippen LogP contribution in [0.4, 0.5) is 4.79 Å². The number of methoxy groups -OCH3 is 2. The van der Waals surface area contributed by atoms with E-state index < -0.39 is 27.7 Å². The van der Waals surface area contributed by atoms with Crippen molar-refractivity contribution >= 4 is 38.7 Å². The van der Waals surface area contributed by atoms with Crippen molar-refractivity contribution in [2.75, 3.05) is 20.8 Å². The quantitative estimate of drug-likeness (QED) is 0.152. The van der Waals surface area contributed by atoms with Crippen molar-refractivity contribution in [1.82, 2.24) is 14.3 Å². The molecule has 5 rings (SSSR count). The minimum absolute atomic E-state index is 0.226. The Bertz CT molecular complexity index is 2050. The van der Waals surface area contributed by atoms with Crippen molar-refractivity contribution in [2.24, 2.45) is 5.10 Å². The van der Waals surface area contributed by atoms with Gasteiger partial charge in [0.05, 0.1) is 30.2 Å². The second-order valence-electron chi connectivity index (χ2n) is 13.9. The Morgan fingerprint density at radius 2 is 1.62 bits per heavy atom. The first-order chi connectivity index (χ1) is 23.5. The summed E-state index contributed by atoms with van der Waals surface area (Å²) >= 11 is 0. The molecule has 50 heavy (non-hydrogen) atoms. The number of piperidine rings is 1. The first-order valence-electron chi connectivity index (χ1n) is 16.5. The first kappa shape index (κ1) is 36.6. The minimum Gasteiger partial charge on any atom is -0.496 e. The number of aryl methyl sites for hydroxylation is 4. The van der Waals surface area contributed by atoms with E-state index in [0.717, 1.165) is 33.2 Å². The Hall–Kier alpha value is -4.68. The van der Waals surface area contributed by atoms with Crippen molar-refractivity contribution in [1.29, 1.82) is 0 Å². The average molecular weight is 703 g/mol. The number of hydrogen-bond donors (Lipinski definition) is 1. The number of sulfonamides is 1. The molecule has 0 amide bonds. The van der Waals surface area contributed by atoms with Crippen molar-refractivity contribution in [3.63, 3.8) is 0 Å². The van der Waals surface area contributed by atoms with Crippen LogP contribution < -0.4 is 9.57 Å². The van der Waals surface area contributed by atoms with Gasteiger partial charge >= 0.3 is 12.1 Å². The molecule has 266 valence electrons. The Kier molecular flexibility index (Phi) is 10.5. The standard InChI is InChI=1S/C38H46N4O7S/c1-23-18-25(3)35(26(4)19-23)50(45,46)40-39-29-14-16-41(32(21-29)27-10-12-28(13-11-27)36(43)48-9)22-31-30-15-17-42(37(44)49-38(5,6)7)34(30)24(2)20-33(31)47-8/h10-13,15,17-20,32,40H,14,16,21-22H2,1-9H3/t32-/m0/s1. The lowest BCUT2D eigenvalue weighted by Crippen LogP contribution is -2.37. The van der Waals surface area contributed by atoms with Crippen LogP contribution in [0.15, 0.2) is 64.7 Å². The molecule has 3 aromatic carbocycles. The second kappa shape index (κ2) is 14.3. The Morgan fingerprint density at radius 1 is 0.960 bits per heavy atom. The Morgan fingerprint density at radius 3 is 2.22 bits per heavy atom. The molecule has 0 unspecified atom stereocenters. The monoisotopic (exact) mass is 702 g/mol. The zero-order valence-corrected chi connectivity index (χ0v) is 31.0. The number of ether oxygens (including phenoxy) is 3. The van der Waals surface area contributed by atoms with Crippen molar-refractivity contribution in [2.45, 2.75) is 84.4 Å². The number of rotatable bonds is 8. The van der Waals surface area contributed by atoms with Crippen LogP contribution in [0.25, 0.3) is 10.9 Å². The van der Waals surface area contributed by atoms with Gasteiger partial charge in [-0.05, 0) is 95.0 Å². The number of aromatic nitrogens is 1. The summed E-state index contributed by atoms with van der Waals surface area (Å²) in [6.45, 7) is 13.9. The third-order valence-electron chi connectivity index (χ3n) is 8.87. The van der Waals surface area contributed by atoms with E-state index in [4.69, 9.17) is 14.2 Å². The number of carbonyl (C=O) groups excluding carboxylic acids is 2. The fourth-order valence-corrected chi connectivity index (χ4v) is 8.10. The van der Waals surface area contributed by atoms with Gasteiger partial charge in [-0.2, -0.15) is 13.5 Å². The van der Waals surface area contributed by atoms with Gasteiger partial charge in [-0.1, -0.05) is 29.8 Å². The van der Waals surface area contributed by atoms with Crippen LogP contribution in [0.1, 0.15) is 83.4 Å². The zero-order chi connectivity index (χ0) is 36.5. The van der Waals surface area contributed by atoms with Crippen molar-refractivity contribution in [3.8, 4) is 5.75 Å². The molecule has 1 aliphatic rings. The molecule has 1 fully saturated rings. The zero-order valence-electron chi connectivity index (χ0n) is 30.2. The number of nitrogens with one attached hydrogen (secondary N) is 1. The van der Waals surface area contributed by atoms with Crippen LogP contribution in [-0.4, -0.2) is 62.0 Å². The topological polar surface area (TPSA) is 129 Å². The predicted molar refractivity (Wildman–Crippen MR) is 193 cm³/mol. The highest BCUT2D eigenvalue weighted by Gasteiger charge is 2.31. The minimum atomic E-state index is -3.91. The summed E-state index contributed by atoms with van der Waals surface area (Å²) in [5, 5.41) is 5.32. The van der Waals surface area contributed by atoms with Crippen molar-refractivity contribution in [3.05, 3.63) is 93.7 Å². The molecule has 0 radical (unpaired) electrons. The molecule has 1 saturated heterocycles. The van der Waals surface area contributed by atoms with E-state index in [1.807, 2.05) is 71.0 Å². The first-order valence-corrected chi connectivity index (χ1v) is 18.0. The number of hydrogen-bond acceptors (Lipinski definition) is 9. The van der Waals surface area contributed by atoms with E-state index >= 15 is 0 Å². The lowest BCUT2D eigenvalue weighted by molar-refractivity contribution is 0.0542. The summed E-state index contributed by atoms with van der Waals surface area (Å²) < 4.78 is 44.9. The number of hydrazone groups is 1. The SMILES string of the molecule is COC(=O)c1ccc([C@@H]2CC(=NNS(=O)(=O)c3c(C)cc(C)cc3C)CCN2Cc2c(OC)cc(C)c3c2ccn3C(=O)OC(C)(C)C)cc1. The molecule has 12 heteroatoms. The Labute approximate surface area is 294 Å². The molecule has 1 aromatic heterocycles. The molecule has 1 aliphatic heterocycles. The highest BCUT2D eigenvalue weighted by molar-refractivity contribution is 7.89. The Balaban J connectivity index is 1.51. The van der Waals surface area contributed by atoms with E-state index in [0.29, 0.717) is 54.1 Å². The fraction of sp³-hybridized carbons (Fsp3) is 0.395. The van der Waals surface area contributed by atoms with Crippen LogP contribution >= 0.6 is 0 Å². The molecule has 0 bridgehead atoms. The van der Waals surface area contributed by atoms with Gasteiger partial charge in [-0.15, -0.1) is 0 Å². The maximum Gasteiger partial charge on any atom is 0.419 e. The fourth-order valence-electron chi connectivity index (χ4n) is 6.80. The van der Waals surface area contributed by atoms with Crippen LogP contribution in [0, 0.1) is 27.7 Å². The molecule has 2 heterocycles. The number of nitrogens with zero attached hydrogens (tertiary/aromatic N) is 3. The predicted octanol–water partition coefficient (Wildman–Crippen LogP) is 7.12. The smallest absolute Gasteiger partial charge is 0.419 e. The van der Waals surface area contributed by atoms with Gasteiger partial charge in [0.25, 0.3) is 10.0 Å². The summed E-state index contributed by atoms with van der Waals surface area (Å²) in [7, 11) is -0.944. The molecule has 0 spiro atoms.